The number of para-hydroxylation sites is 12. The molecule has 0 radical (unpaired) electrons. The lowest BCUT2D eigenvalue weighted by Gasteiger charge is -2.44. The molecule has 3 fully saturated rings. The SMILES string of the molecule is CCN(CC)CC.N[C@@H]1COC[C@H](N2c3ccccc3Oc3ccccc32)[C@H]1O.O=S(=O)(Cl)c1ccc(OC(F)(F)F)cc1.O=S(=O)(N[C@@H]1COC[C@H](N2c3ccccc3Oc3ccccc32)[C@H]1O)c1ccc(OC(F)(F)F)cc1.[N-]=[N+]=N[C@@H]1COC[C@H](N2c3ccccc3Oc3ccccc32)[C@H]1O. The Kier molecular flexibility index (Phi) is 25.5. The summed E-state index contributed by atoms with van der Waals surface area (Å²) in [4.78, 5) is 10.6. The van der Waals surface area contributed by atoms with Crippen molar-refractivity contribution >= 4 is 63.9 Å². The summed E-state index contributed by atoms with van der Waals surface area (Å²) in [7, 11) is -3.17. The minimum Gasteiger partial charge on any atom is -0.453 e. The normalized spacial score (nSPS) is 21.5. The highest BCUT2D eigenvalue weighted by Gasteiger charge is 2.44. The van der Waals surface area contributed by atoms with Crippen LogP contribution >= 0.6 is 10.7 Å². The fourth-order valence-corrected chi connectivity index (χ4v) is 14.1. The predicted octanol–water partition coefficient (Wildman–Crippen LogP) is 13.2. The third-order valence-electron chi connectivity index (χ3n) is 17.1. The molecule has 6 heterocycles. The molecule has 6 aliphatic heterocycles. The van der Waals surface area contributed by atoms with Gasteiger partial charge in [0.2, 0.25) is 10.0 Å². The Balaban J connectivity index is 0.000000150. The summed E-state index contributed by atoms with van der Waals surface area (Å²) in [5, 5.41) is 36.2. The van der Waals surface area contributed by atoms with Crippen LogP contribution in [-0.4, -0.2) is 164 Å². The predicted molar refractivity (Wildman–Crippen MR) is 375 cm³/mol. The van der Waals surface area contributed by atoms with Gasteiger partial charge in [0.05, 0.1) is 138 Å². The van der Waals surface area contributed by atoms with Crippen molar-refractivity contribution in [1.29, 1.82) is 0 Å². The zero-order valence-corrected chi connectivity index (χ0v) is 58.3. The fraction of sp³-hybridized carbons (Fsp3) is 0.324. The van der Waals surface area contributed by atoms with E-state index in [4.69, 9.17) is 50.4 Å². The second-order valence-corrected chi connectivity index (χ2v) is 28.0. The second-order valence-electron chi connectivity index (χ2n) is 23.8. The number of halogens is 7. The van der Waals surface area contributed by atoms with E-state index in [9.17, 15) is 58.5 Å². The number of nitrogens with zero attached hydrogens (tertiary/aromatic N) is 7. The maximum atomic E-state index is 12.9. The molecule has 104 heavy (non-hydrogen) atoms. The van der Waals surface area contributed by atoms with Crippen LogP contribution in [0, 0.1) is 0 Å². The summed E-state index contributed by atoms with van der Waals surface area (Å²) < 4.78 is 164. The van der Waals surface area contributed by atoms with Crippen LogP contribution in [0.4, 0.5) is 60.5 Å². The highest BCUT2D eigenvalue weighted by Crippen LogP contribution is 2.51. The number of nitrogens with one attached hydrogen (secondary N) is 1. The summed E-state index contributed by atoms with van der Waals surface area (Å²) in [6, 6.07) is 49.5. The number of fused-ring (bicyclic) bond motifs is 6. The van der Waals surface area contributed by atoms with Crippen LogP contribution in [0.2, 0.25) is 0 Å². The summed E-state index contributed by atoms with van der Waals surface area (Å²) in [6.45, 7) is 11.5. The van der Waals surface area contributed by atoms with Gasteiger partial charge in [0.25, 0.3) is 9.05 Å². The number of hydrogen-bond acceptors (Lipinski definition) is 21. The van der Waals surface area contributed by atoms with Gasteiger partial charge in [0.1, 0.15) is 11.5 Å². The minimum atomic E-state index is -4.89. The highest BCUT2D eigenvalue weighted by atomic mass is 35.7. The molecule has 24 nitrogen and oxygen atoms in total. The van der Waals surface area contributed by atoms with Gasteiger partial charge >= 0.3 is 12.7 Å². The number of azide groups is 1. The Labute approximate surface area is 600 Å². The minimum absolute atomic E-state index is 0.0974. The third-order valence-corrected chi connectivity index (χ3v) is 20.0. The van der Waals surface area contributed by atoms with Crippen molar-refractivity contribution < 1.29 is 96.4 Å². The standard InChI is InChI=1S/C24H21F3N2O6S.C17H16N4O3.C17H18N2O3.C7H4ClF3O3S.C6H15N/c25-24(26,27)35-15-9-11-16(12-10-15)36(31,32)28-17-13-33-14-20(23(17)30)29-18-5-1-3-7-21(18)34-22-8-4-2-6-19(22)29;18-20-19-11-9-23-10-14(17(11)22)21-12-5-1-3-7-15(12)24-16-8-4-2-6-13(16)21;18-11-9-21-10-14(17(11)20)19-12-5-1-3-7-15(12)22-16-8-4-2-6-13(16)19;8-15(12,13)6-3-1-5(2-4-6)14-7(9,10)11;1-4-7(5-2)6-3/h1-12,17,20,23,28,30H,13-14H2;1-8,11,14,17,22H,9-10H2;1-8,11,14,17,20H,9-10,18H2;1-4H;4-6H2,1-3H3/t17-,20+,23+;2*11-,14+,17+;;/m111../s1. The van der Waals surface area contributed by atoms with Crippen LogP contribution in [-0.2, 0) is 33.3 Å². The van der Waals surface area contributed by atoms with Crippen molar-refractivity contribution in [3.05, 3.63) is 205 Å². The number of aliphatic hydroxyl groups is 3. The molecule has 3 saturated heterocycles. The Morgan fingerprint density at radius 3 is 1.14 bits per heavy atom. The molecule has 33 heteroatoms. The van der Waals surface area contributed by atoms with Crippen molar-refractivity contribution in [2.75, 3.05) is 74.0 Å². The van der Waals surface area contributed by atoms with Gasteiger partial charge in [-0.3, -0.25) is 0 Å². The molecule has 6 aliphatic rings. The average Bonchev–Trinajstić information content (AvgIpc) is 0.766. The van der Waals surface area contributed by atoms with E-state index in [0.29, 0.717) is 54.2 Å². The molecule has 0 aromatic heterocycles. The van der Waals surface area contributed by atoms with Gasteiger partial charge in [-0.2, -0.15) is 0 Å². The quantitative estimate of drug-likeness (QED) is 0.0235. The monoisotopic (exact) mass is 1510 g/mol. The van der Waals surface area contributed by atoms with Crippen LogP contribution in [0.1, 0.15) is 20.8 Å². The zero-order chi connectivity index (χ0) is 74.5. The molecule has 0 spiro atoms. The van der Waals surface area contributed by atoms with E-state index >= 15 is 0 Å². The molecule has 9 atom stereocenters. The number of rotatable bonds is 13. The number of hydrogen-bond donors (Lipinski definition) is 5. The van der Waals surface area contributed by atoms with Gasteiger partial charge < -0.3 is 78.5 Å². The first-order valence-corrected chi connectivity index (χ1v) is 36.4. The maximum absolute atomic E-state index is 12.9. The number of benzene rings is 8. The zero-order valence-electron chi connectivity index (χ0n) is 55.9. The van der Waals surface area contributed by atoms with E-state index < -0.39 is 79.7 Å². The second kappa shape index (κ2) is 34.2. The van der Waals surface area contributed by atoms with Gasteiger partial charge in [0, 0.05) is 15.6 Å². The molecule has 0 unspecified atom stereocenters. The number of alkyl halides is 6. The topological polar surface area (TPSA) is 303 Å². The number of ether oxygens (including phenoxy) is 8. The van der Waals surface area contributed by atoms with E-state index in [2.05, 4.69) is 54.8 Å². The van der Waals surface area contributed by atoms with E-state index in [1.54, 1.807) is 12.1 Å². The average molecular weight is 1510 g/mol. The van der Waals surface area contributed by atoms with Crippen LogP contribution in [0.5, 0.6) is 46.0 Å². The molecule has 0 amide bonds. The highest BCUT2D eigenvalue weighted by molar-refractivity contribution is 8.13. The molecular formula is C71H74ClF6N9O15S2. The van der Waals surface area contributed by atoms with Crippen molar-refractivity contribution in [3.8, 4) is 46.0 Å². The summed E-state index contributed by atoms with van der Waals surface area (Å²) >= 11 is 0. The fourth-order valence-electron chi connectivity index (χ4n) is 12.1. The summed E-state index contributed by atoms with van der Waals surface area (Å²) in [5.41, 5.74) is 19.6. The lowest BCUT2D eigenvalue weighted by molar-refractivity contribution is -0.275. The smallest absolute Gasteiger partial charge is 0.453 e. The maximum Gasteiger partial charge on any atom is 0.573 e. The van der Waals surface area contributed by atoms with Crippen molar-refractivity contribution in [3.63, 3.8) is 0 Å². The van der Waals surface area contributed by atoms with E-state index in [0.717, 1.165) is 82.8 Å². The van der Waals surface area contributed by atoms with Crippen LogP contribution in [0.15, 0.2) is 209 Å². The number of sulfonamides is 1. The molecule has 554 valence electrons. The van der Waals surface area contributed by atoms with E-state index in [-0.39, 0.29) is 47.7 Å². The van der Waals surface area contributed by atoms with Gasteiger partial charge in [0.15, 0.2) is 34.5 Å². The first-order valence-electron chi connectivity index (χ1n) is 32.6. The largest absolute Gasteiger partial charge is 0.573 e. The van der Waals surface area contributed by atoms with Gasteiger partial charge in [-0.25, -0.2) is 21.6 Å². The molecule has 0 aliphatic carbocycles. The molecule has 14 rings (SSSR count). The number of nitrogens with two attached hydrogens (primary N) is 1. The molecule has 6 N–H and O–H groups in total. The Morgan fingerprint density at radius 1 is 0.500 bits per heavy atom. The van der Waals surface area contributed by atoms with E-state index in [1.165, 1.54) is 19.6 Å². The molecule has 0 saturated carbocycles. The Morgan fingerprint density at radius 2 is 0.817 bits per heavy atom. The lowest BCUT2D eigenvalue weighted by Crippen LogP contribution is -2.60. The van der Waals surface area contributed by atoms with Crippen LogP contribution in [0.3, 0.4) is 0 Å². The molecule has 0 bridgehead atoms. The molecule has 8 aromatic rings. The number of aliphatic hydroxyl groups excluding tert-OH is 3. The van der Waals surface area contributed by atoms with Gasteiger partial charge in [-0.15, -0.1) is 26.3 Å². The number of anilines is 6. The van der Waals surface area contributed by atoms with Crippen LogP contribution in [0.25, 0.3) is 10.4 Å². The summed E-state index contributed by atoms with van der Waals surface area (Å²) in [5.74, 6) is 3.07. The Bertz CT molecular complexity index is 4340. The Hall–Kier alpha value is -9.12. The summed E-state index contributed by atoms with van der Waals surface area (Å²) in [6.07, 6.45) is -12.4. The first kappa shape index (κ1) is 77.5. The third kappa shape index (κ3) is 19.0. The van der Waals surface area contributed by atoms with Gasteiger partial charge in [-0.1, -0.05) is 98.7 Å². The van der Waals surface area contributed by atoms with E-state index in [1.807, 2.05) is 143 Å². The first-order chi connectivity index (χ1) is 49.7. The van der Waals surface area contributed by atoms with Gasteiger partial charge in [-0.05, 0) is 146 Å². The van der Waals surface area contributed by atoms with Crippen molar-refractivity contribution in [1.82, 2.24) is 9.62 Å². The van der Waals surface area contributed by atoms with Crippen molar-refractivity contribution in [2.45, 2.75) is 97.8 Å². The van der Waals surface area contributed by atoms with Crippen LogP contribution < -0.4 is 48.8 Å². The van der Waals surface area contributed by atoms with Crippen molar-refractivity contribution in [2.24, 2.45) is 10.8 Å². The lowest BCUT2D eigenvalue weighted by atomic mass is 9.98. The molecular weight excluding hydrogens is 1430 g/mol. The molecule has 8 aromatic carbocycles.